The molecular formula is C13H19NO4. The van der Waals surface area contributed by atoms with Crippen LogP contribution in [0.5, 0.6) is 5.75 Å². The van der Waals surface area contributed by atoms with Gasteiger partial charge in [0, 0.05) is 19.8 Å². The lowest BCUT2D eigenvalue weighted by molar-refractivity contribution is -0.237. The summed E-state index contributed by atoms with van der Waals surface area (Å²) in [4.78, 5) is 0. The first-order valence-electron chi connectivity index (χ1n) is 5.81. The van der Waals surface area contributed by atoms with E-state index in [0.29, 0.717) is 5.75 Å². The third-order valence-corrected chi connectivity index (χ3v) is 3.43. The first-order chi connectivity index (χ1) is 8.54. The Labute approximate surface area is 106 Å². The lowest BCUT2D eigenvalue weighted by Gasteiger charge is -2.45. The highest BCUT2D eigenvalue weighted by Gasteiger charge is 2.50. The Balaban J connectivity index is 2.42. The van der Waals surface area contributed by atoms with E-state index in [-0.39, 0.29) is 0 Å². The number of ether oxygens (including phenoxy) is 3. The minimum Gasteiger partial charge on any atom is -0.479 e. The molecule has 1 aliphatic rings. The number of benzene rings is 1. The summed E-state index contributed by atoms with van der Waals surface area (Å²) in [7, 11) is 3.00. The lowest BCUT2D eigenvalue weighted by Crippen LogP contribution is -2.61. The number of aliphatic hydroxyl groups excluding tert-OH is 1. The molecule has 0 aromatic heterocycles. The Hall–Kier alpha value is -1.14. The number of methoxy groups -OCH3 is 2. The third kappa shape index (κ3) is 1.89. The van der Waals surface area contributed by atoms with E-state index in [4.69, 9.17) is 19.9 Å². The molecule has 0 bridgehead atoms. The van der Waals surface area contributed by atoms with E-state index in [0.717, 1.165) is 5.56 Å². The highest BCUT2D eigenvalue weighted by atomic mass is 16.7. The quantitative estimate of drug-likeness (QED) is 0.780. The van der Waals surface area contributed by atoms with Crippen molar-refractivity contribution in [1.29, 1.82) is 0 Å². The van der Waals surface area contributed by atoms with Crippen LogP contribution in [0.2, 0.25) is 0 Å². The zero-order valence-electron chi connectivity index (χ0n) is 10.8. The van der Waals surface area contributed by atoms with Crippen molar-refractivity contribution in [3.8, 4) is 5.75 Å². The van der Waals surface area contributed by atoms with Crippen LogP contribution in [0.1, 0.15) is 18.5 Å². The summed E-state index contributed by atoms with van der Waals surface area (Å²) >= 11 is 0. The summed E-state index contributed by atoms with van der Waals surface area (Å²) in [6.45, 7) is 1.73. The van der Waals surface area contributed by atoms with Gasteiger partial charge in [0.2, 0.25) is 0 Å². The van der Waals surface area contributed by atoms with Crippen LogP contribution in [0.3, 0.4) is 0 Å². The molecule has 3 atom stereocenters. The molecule has 0 amide bonds. The fourth-order valence-electron chi connectivity index (χ4n) is 2.42. The summed E-state index contributed by atoms with van der Waals surface area (Å²) in [5.74, 6) is 0.650. The SMILES string of the molecule is COC(OC)[C@]1(C)Oc2ccccc2[C@H](N)[C@H]1O. The predicted molar refractivity (Wildman–Crippen MR) is 66.2 cm³/mol. The molecule has 100 valence electrons. The van der Waals surface area contributed by atoms with Gasteiger partial charge in [0.05, 0.1) is 6.04 Å². The summed E-state index contributed by atoms with van der Waals surface area (Å²) in [6, 6.07) is 6.85. The van der Waals surface area contributed by atoms with Crippen LogP contribution in [-0.2, 0) is 9.47 Å². The van der Waals surface area contributed by atoms with Crippen LogP contribution in [0.25, 0.3) is 0 Å². The molecule has 18 heavy (non-hydrogen) atoms. The van der Waals surface area contributed by atoms with Crippen molar-refractivity contribution in [2.45, 2.75) is 31.0 Å². The maximum Gasteiger partial charge on any atom is 0.199 e. The van der Waals surface area contributed by atoms with E-state index < -0.39 is 24.0 Å². The monoisotopic (exact) mass is 253 g/mol. The molecule has 0 fully saturated rings. The van der Waals surface area contributed by atoms with Crippen molar-refractivity contribution in [2.75, 3.05) is 14.2 Å². The highest BCUT2D eigenvalue weighted by molar-refractivity contribution is 5.40. The largest absolute Gasteiger partial charge is 0.479 e. The molecule has 0 radical (unpaired) electrons. The van der Waals surface area contributed by atoms with Gasteiger partial charge >= 0.3 is 0 Å². The predicted octanol–water partition coefficient (Wildman–Crippen LogP) is 0.817. The smallest absolute Gasteiger partial charge is 0.199 e. The van der Waals surface area contributed by atoms with Gasteiger partial charge in [-0.05, 0) is 13.0 Å². The van der Waals surface area contributed by atoms with Gasteiger partial charge in [-0.1, -0.05) is 18.2 Å². The second kappa shape index (κ2) is 4.85. The lowest BCUT2D eigenvalue weighted by atomic mass is 9.85. The fraction of sp³-hybridized carbons (Fsp3) is 0.538. The molecule has 1 aromatic carbocycles. The van der Waals surface area contributed by atoms with Gasteiger partial charge < -0.3 is 25.1 Å². The summed E-state index contributed by atoms with van der Waals surface area (Å²) in [5, 5.41) is 10.4. The van der Waals surface area contributed by atoms with Crippen molar-refractivity contribution < 1.29 is 19.3 Å². The van der Waals surface area contributed by atoms with Crippen molar-refractivity contribution in [3.63, 3.8) is 0 Å². The van der Waals surface area contributed by atoms with E-state index in [1.807, 2.05) is 24.3 Å². The molecule has 0 spiro atoms. The second-order valence-corrected chi connectivity index (χ2v) is 4.60. The number of hydrogen-bond donors (Lipinski definition) is 2. The standard InChI is InChI=1S/C13H19NO4/c1-13(12(16-2)17-3)11(15)10(14)8-6-4-5-7-9(8)18-13/h4-7,10-12,15H,14H2,1-3H3/t10-,11+,13+/m0/s1. The van der Waals surface area contributed by atoms with Crippen LogP contribution < -0.4 is 10.5 Å². The Bertz CT molecular complexity index is 421. The van der Waals surface area contributed by atoms with Gasteiger partial charge in [-0.25, -0.2) is 0 Å². The average Bonchev–Trinajstić information content (AvgIpc) is 2.37. The maximum atomic E-state index is 10.4. The minimum absolute atomic E-state index is 0.534. The maximum absolute atomic E-state index is 10.4. The van der Waals surface area contributed by atoms with E-state index >= 15 is 0 Å². The van der Waals surface area contributed by atoms with Gasteiger partial charge in [-0.15, -0.1) is 0 Å². The molecule has 2 rings (SSSR count). The van der Waals surface area contributed by atoms with Crippen LogP contribution in [0.4, 0.5) is 0 Å². The van der Waals surface area contributed by atoms with Gasteiger partial charge in [0.1, 0.15) is 11.9 Å². The second-order valence-electron chi connectivity index (χ2n) is 4.60. The first kappa shape index (κ1) is 13.3. The number of hydrogen-bond acceptors (Lipinski definition) is 5. The molecule has 0 saturated heterocycles. The van der Waals surface area contributed by atoms with Crippen LogP contribution in [0, 0.1) is 0 Å². The normalized spacial score (nSPS) is 31.0. The van der Waals surface area contributed by atoms with Gasteiger partial charge in [0.15, 0.2) is 11.9 Å². The van der Waals surface area contributed by atoms with Gasteiger partial charge in [0.25, 0.3) is 0 Å². The summed E-state index contributed by atoms with van der Waals surface area (Å²) in [5.41, 5.74) is 5.81. The van der Waals surface area contributed by atoms with Crippen LogP contribution in [-0.4, -0.2) is 37.3 Å². The van der Waals surface area contributed by atoms with Gasteiger partial charge in [-0.3, -0.25) is 0 Å². The number of para-hydroxylation sites is 1. The van der Waals surface area contributed by atoms with Crippen LogP contribution >= 0.6 is 0 Å². The van der Waals surface area contributed by atoms with Crippen LogP contribution in [0.15, 0.2) is 24.3 Å². The average molecular weight is 253 g/mol. The fourth-order valence-corrected chi connectivity index (χ4v) is 2.42. The molecule has 0 aliphatic carbocycles. The Morgan fingerprint density at radius 2 is 1.94 bits per heavy atom. The zero-order chi connectivity index (χ0) is 13.3. The van der Waals surface area contributed by atoms with E-state index in [1.54, 1.807) is 6.92 Å². The molecule has 1 aromatic rings. The van der Waals surface area contributed by atoms with Gasteiger partial charge in [-0.2, -0.15) is 0 Å². The molecule has 1 heterocycles. The third-order valence-electron chi connectivity index (χ3n) is 3.43. The molecule has 5 nitrogen and oxygen atoms in total. The highest BCUT2D eigenvalue weighted by Crippen LogP contribution is 2.40. The molecular weight excluding hydrogens is 234 g/mol. The van der Waals surface area contributed by atoms with Crippen molar-refractivity contribution in [3.05, 3.63) is 29.8 Å². The first-order valence-corrected chi connectivity index (χ1v) is 5.81. The Morgan fingerprint density at radius 3 is 2.56 bits per heavy atom. The van der Waals surface area contributed by atoms with Crippen molar-refractivity contribution >= 4 is 0 Å². The Kier molecular flexibility index (Phi) is 3.59. The zero-order valence-corrected chi connectivity index (χ0v) is 10.8. The molecule has 3 N–H and O–H groups in total. The number of nitrogens with two attached hydrogens (primary N) is 1. The summed E-state index contributed by atoms with van der Waals surface area (Å²) < 4.78 is 16.3. The summed E-state index contributed by atoms with van der Waals surface area (Å²) in [6.07, 6.45) is -1.62. The number of rotatable bonds is 3. The van der Waals surface area contributed by atoms with Crippen molar-refractivity contribution in [1.82, 2.24) is 0 Å². The molecule has 1 aliphatic heterocycles. The minimum atomic E-state index is -1.04. The molecule has 5 heteroatoms. The Morgan fingerprint density at radius 1 is 1.33 bits per heavy atom. The van der Waals surface area contributed by atoms with E-state index in [9.17, 15) is 5.11 Å². The van der Waals surface area contributed by atoms with E-state index in [2.05, 4.69) is 0 Å². The molecule has 0 unspecified atom stereocenters. The topological polar surface area (TPSA) is 73.9 Å². The number of fused-ring (bicyclic) bond motifs is 1. The number of aliphatic hydroxyl groups is 1. The van der Waals surface area contributed by atoms with Crippen molar-refractivity contribution in [2.24, 2.45) is 5.73 Å². The molecule has 0 saturated carbocycles. The van der Waals surface area contributed by atoms with E-state index in [1.165, 1.54) is 14.2 Å².